The third kappa shape index (κ3) is 3.03. The van der Waals surface area contributed by atoms with E-state index in [0.717, 1.165) is 10.7 Å². The van der Waals surface area contributed by atoms with Gasteiger partial charge in [0.1, 0.15) is 5.01 Å². The van der Waals surface area contributed by atoms with Crippen LogP contribution in [-0.4, -0.2) is 33.9 Å². The molecule has 2 rings (SSSR count). The van der Waals surface area contributed by atoms with Crippen molar-refractivity contribution in [2.45, 2.75) is 13.5 Å². The summed E-state index contributed by atoms with van der Waals surface area (Å²) in [5.41, 5.74) is 1.12. The van der Waals surface area contributed by atoms with Crippen molar-refractivity contribution in [1.29, 1.82) is 0 Å². The molecule has 0 fully saturated rings. The molecule has 104 valence electrons. The van der Waals surface area contributed by atoms with Crippen molar-refractivity contribution in [3.05, 3.63) is 51.5 Å². The third-order valence-corrected chi connectivity index (χ3v) is 3.73. The van der Waals surface area contributed by atoms with Crippen molar-refractivity contribution in [3.63, 3.8) is 0 Å². The Morgan fingerprint density at radius 2 is 1.95 bits per heavy atom. The van der Waals surface area contributed by atoms with Gasteiger partial charge in [0.05, 0.1) is 17.7 Å². The van der Waals surface area contributed by atoms with Crippen molar-refractivity contribution in [3.8, 4) is 0 Å². The Labute approximate surface area is 120 Å². The van der Waals surface area contributed by atoms with Crippen LogP contribution in [0.15, 0.2) is 29.6 Å². The predicted molar refractivity (Wildman–Crippen MR) is 76.0 cm³/mol. The molecule has 1 heterocycles. The SMILES string of the molecule is Cc1csc(CN(C)C(=O)c2ccccc2C(=O)O)n1. The second-order valence-corrected chi connectivity index (χ2v) is 5.34. The normalized spacial score (nSPS) is 10.3. The Hall–Kier alpha value is -2.21. The molecule has 20 heavy (non-hydrogen) atoms. The van der Waals surface area contributed by atoms with Crippen LogP contribution in [0.5, 0.6) is 0 Å². The summed E-state index contributed by atoms with van der Waals surface area (Å²) in [7, 11) is 1.64. The molecule has 1 aromatic heterocycles. The molecule has 1 aromatic carbocycles. The monoisotopic (exact) mass is 290 g/mol. The van der Waals surface area contributed by atoms with Crippen LogP contribution < -0.4 is 0 Å². The van der Waals surface area contributed by atoms with Crippen LogP contribution in [0.25, 0.3) is 0 Å². The number of benzene rings is 1. The minimum absolute atomic E-state index is 0.0136. The molecule has 0 saturated carbocycles. The fourth-order valence-corrected chi connectivity index (χ4v) is 2.64. The Morgan fingerprint density at radius 1 is 1.30 bits per heavy atom. The van der Waals surface area contributed by atoms with Crippen LogP contribution in [0, 0.1) is 6.92 Å². The average Bonchev–Trinajstić information content (AvgIpc) is 2.83. The smallest absolute Gasteiger partial charge is 0.336 e. The van der Waals surface area contributed by atoms with Gasteiger partial charge < -0.3 is 10.0 Å². The van der Waals surface area contributed by atoms with Gasteiger partial charge in [-0.25, -0.2) is 9.78 Å². The summed E-state index contributed by atoms with van der Waals surface area (Å²) in [5.74, 6) is -1.43. The molecule has 0 aliphatic rings. The van der Waals surface area contributed by atoms with Crippen molar-refractivity contribution >= 4 is 23.2 Å². The van der Waals surface area contributed by atoms with Crippen molar-refractivity contribution in [2.24, 2.45) is 0 Å². The minimum atomic E-state index is -1.10. The maximum atomic E-state index is 12.3. The zero-order valence-electron chi connectivity index (χ0n) is 11.2. The van der Waals surface area contributed by atoms with Crippen molar-refractivity contribution in [1.82, 2.24) is 9.88 Å². The van der Waals surface area contributed by atoms with Crippen molar-refractivity contribution in [2.75, 3.05) is 7.05 Å². The Bertz CT molecular complexity index is 651. The maximum Gasteiger partial charge on any atom is 0.336 e. The molecule has 0 unspecified atom stereocenters. The van der Waals surface area contributed by atoms with Gasteiger partial charge >= 0.3 is 5.97 Å². The van der Waals surface area contributed by atoms with Crippen LogP contribution >= 0.6 is 11.3 Å². The van der Waals surface area contributed by atoms with E-state index in [1.165, 1.54) is 28.4 Å². The summed E-state index contributed by atoms with van der Waals surface area (Å²) >= 11 is 1.48. The number of rotatable bonds is 4. The highest BCUT2D eigenvalue weighted by Crippen LogP contribution is 2.15. The first-order valence-electron chi connectivity index (χ1n) is 5.98. The third-order valence-electron chi connectivity index (χ3n) is 2.77. The van der Waals surface area contributed by atoms with E-state index in [0.29, 0.717) is 6.54 Å². The van der Waals surface area contributed by atoms with Crippen LogP contribution in [0.1, 0.15) is 31.4 Å². The van der Waals surface area contributed by atoms with Gasteiger partial charge in [-0.15, -0.1) is 11.3 Å². The lowest BCUT2D eigenvalue weighted by Gasteiger charge is -2.16. The van der Waals surface area contributed by atoms with E-state index in [2.05, 4.69) is 4.98 Å². The number of hydrogen-bond acceptors (Lipinski definition) is 4. The molecular formula is C14H14N2O3S. The zero-order valence-corrected chi connectivity index (χ0v) is 12.0. The number of thiazole rings is 1. The summed E-state index contributed by atoms with van der Waals surface area (Å²) in [6.45, 7) is 2.26. The van der Waals surface area contributed by atoms with E-state index in [-0.39, 0.29) is 17.0 Å². The second-order valence-electron chi connectivity index (χ2n) is 4.39. The first-order valence-corrected chi connectivity index (χ1v) is 6.86. The largest absolute Gasteiger partial charge is 0.478 e. The fourth-order valence-electron chi connectivity index (χ4n) is 1.81. The number of amides is 1. The van der Waals surface area contributed by atoms with E-state index in [9.17, 15) is 9.59 Å². The molecule has 0 aliphatic heterocycles. The predicted octanol–water partition coefficient (Wildman–Crippen LogP) is 2.42. The molecule has 0 saturated heterocycles. The average molecular weight is 290 g/mol. The van der Waals surface area contributed by atoms with Crippen molar-refractivity contribution < 1.29 is 14.7 Å². The van der Waals surface area contributed by atoms with Gasteiger partial charge in [-0.3, -0.25) is 4.79 Å². The van der Waals surface area contributed by atoms with Gasteiger partial charge in [0, 0.05) is 18.1 Å². The fraction of sp³-hybridized carbons (Fsp3) is 0.214. The van der Waals surface area contributed by atoms with E-state index < -0.39 is 5.97 Å². The lowest BCUT2D eigenvalue weighted by molar-refractivity contribution is 0.0680. The van der Waals surface area contributed by atoms with Gasteiger partial charge in [0.15, 0.2) is 0 Å². The second kappa shape index (κ2) is 5.83. The summed E-state index contributed by atoms with van der Waals surface area (Å²) in [5, 5.41) is 11.8. The standard InChI is InChI=1S/C14H14N2O3S/c1-9-8-20-12(15-9)7-16(2)13(17)10-5-3-4-6-11(10)14(18)19/h3-6,8H,7H2,1-2H3,(H,18,19). The Kier molecular flexibility index (Phi) is 4.14. The first kappa shape index (κ1) is 14.2. The van der Waals surface area contributed by atoms with Gasteiger partial charge in [-0.05, 0) is 19.1 Å². The van der Waals surface area contributed by atoms with Crippen LogP contribution in [0.3, 0.4) is 0 Å². The number of aryl methyl sites for hydroxylation is 1. The topological polar surface area (TPSA) is 70.5 Å². The van der Waals surface area contributed by atoms with E-state index in [1.807, 2.05) is 12.3 Å². The number of aromatic nitrogens is 1. The molecule has 0 aliphatic carbocycles. The number of carbonyl (C=O) groups excluding carboxylic acids is 1. The Balaban J connectivity index is 2.20. The molecule has 1 amide bonds. The summed E-state index contributed by atoms with van der Waals surface area (Å²) < 4.78 is 0. The number of nitrogens with zero attached hydrogens (tertiary/aromatic N) is 2. The van der Waals surface area contributed by atoms with Gasteiger partial charge in [0.25, 0.3) is 5.91 Å². The number of aromatic carboxylic acids is 1. The molecule has 0 radical (unpaired) electrons. The molecular weight excluding hydrogens is 276 g/mol. The summed E-state index contributed by atoms with van der Waals surface area (Å²) in [4.78, 5) is 29.2. The first-order chi connectivity index (χ1) is 9.49. The van der Waals surface area contributed by atoms with Crippen LogP contribution in [-0.2, 0) is 6.54 Å². The summed E-state index contributed by atoms with van der Waals surface area (Å²) in [6.07, 6.45) is 0. The maximum absolute atomic E-state index is 12.3. The number of carboxylic acids is 1. The highest BCUT2D eigenvalue weighted by Gasteiger charge is 2.19. The zero-order chi connectivity index (χ0) is 14.7. The minimum Gasteiger partial charge on any atom is -0.478 e. The highest BCUT2D eigenvalue weighted by atomic mass is 32.1. The van der Waals surface area contributed by atoms with Gasteiger partial charge in [-0.2, -0.15) is 0 Å². The Morgan fingerprint density at radius 3 is 2.50 bits per heavy atom. The highest BCUT2D eigenvalue weighted by molar-refractivity contribution is 7.09. The molecule has 1 N–H and O–H groups in total. The van der Waals surface area contributed by atoms with Gasteiger partial charge in [0.2, 0.25) is 0 Å². The molecule has 2 aromatic rings. The number of carbonyl (C=O) groups is 2. The van der Waals surface area contributed by atoms with E-state index >= 15 is 0 Å². The molecule has 6 heteroatoms. The van der Waals surface area contributed by atoms with Crippen LogP contribution in [0.2, 0.25) is 0 Å². The van der Waals surface area contributed by atoms with E-state index in [1.54, 1.807) is 19.2 Å². The molecule has 0 atom stereocenters. The quantitative estimate of drug-likeness (QED) is 0.938. The molecule has 0 bridgehead atoms. The number of hydrogen-bond donors (Lipinski definition) is 1. The number of carboxylic acid groups (broad SMARTS) is 1. The summed E-state index contributed by atoms with van der Waals surface area (Å²) in [6, 6.07) is 6.21. The lowest BCUT2D eigenvalue weighted by Crippen LogP contribution is -2.27. The van der Waals surface area contributed by atoms with Crippen LogP contribution in [0.4, 0.5) is 0 Å². The lowest BCUT2D eigenvalue weighted by atomic mass is 10.1. The molecule has 5 nitrogen and oxygen atoms in total. The van der Waals surface area contributed by atoms with E-state index in [4.69, 9.17) is 5.11 Å². The van der Waals surface area contributed by atoms with Gasteiger partial charge in [-0.1, -0.05) is 12.1 Å². The molecule has 0 spiro atoms.